The molecule has 0 radical (unpaired) electrons. The number of amides is 2. The number of carbonyl (C=O) groups excluding carboxylic acids is 2. The van der Waals surface area contributed by atoms with E-state index in [4.69, 9.17) is 0 Å². The lowest BCUT2D eigenvalue weighted by molar-refractivity contribution is -0.126. The van der Waals surface area contributed by atoms with Crippen molar-refractivity contribution in [2.24, 2.45) is 0 Å². The Morgan fingerprint density at radius 2 is 1.57 bits per heavy atom. The molecule has 1 unspecified atom stereocenters. The van der Waals surface area contributed by atoms with Crippen LogP contribution in [0.2, 0.25) is 0 Å². The number of sulfonamides is 1. The number of thioether (sulfide) groups is 1. The average molecular weight is 417 g/mol. The van der Waals surface area contributed by atoms with Crippen LogP contribution in [0.1, 0.15) is 12.0 Å². The molecule has 2 saturated heterocycles. The van der Waals surface area contributed by atoms with Crippen molar-refractivity contribution in [1.29, 1.82) is 0 Å². The van der Waals surface area contributed by atoms with Crippen LogP contribution in [0.5, 0.6) is 0 Å². The molecular formula is C20H20N2O4S2. The van der Waals surface area contributed by atoms with Gasteiger partial charge in [-0.1, -0.05) is 53.7 Å². The van der Waals surface area contributed by atoms with Crippen molar-refractivity contribution in [1.82, 2.24) is 9.21 Å². The normalized spacial score (nSPS) is 20.9. The van der Waals surface area contributed by atoms with Gasteiger partial charge in [0, 0.05) is 13.1 Å². The Kier molecular flexibility index (Phi) is 5.03. The lowest BCUT2D eigenvalue weighted by Crippen LogP contribution is -2.41. The molecule has 2 heterocycles. The topological polar surface area (TPSA) is 74.8 Å². The molecule has 1 atom stereocenters. The van der Waals surface area contributed by atoms with Crippen LogP contribution in [0.15, 0.2) is 53.4 Å². The molecule has 28 heavy (non-hydrogen) atoms. The van der Waals surface area contributed by atoms with Gasteiger partial charge in [0.05, 0.1) is 16.7 Å². The highest BCUT2D eigenvalue weighted by atomic mass is 32.2. The fourth-order valence-corrected chi connectivity index (χ4v) is 5.84. The summed E-state index contributed by atoms with van der Waals surface area (Å²) in [6, 6.07) is 14.5. The second-order valence-electron chi connectivity index (χ2n) is 7.01. The van der Waals surface area contributed by atoms with E-state index in [2.05, 4.69) is 0 Å². The van der Waals surface area contributed by atoms with Crippen LogP contribution in [0, 0.1) is 6.92 Å². The number of rotatable bonds is 4. The molecule has 6 nitrogen and oxygen atoms in total. The first kappa shape index (κ1) is 19.2. The van der Waals surface area contributed by atoms with Crippen molar-refractivity contribution in [2.75, 3.05) is 18.8 Å². The molecule has 4 rings (SSSR count). The van der Waals surface area contributed by atoms with Crippen LogP contribution >= 0.6 is 11.8 Å². The Labute approximate surface area is 168 Å². The molecule has 0 spiro atoms. The van der Waals surface area contributed by atoms with Crippen molar-refractivity contribution >= 4 is 32.9 Å². The maximum Gasteiger partial charge on any atom is 0.289 e. The van der Waals surface area contributed by atoms with Gasteiger partial charge in [0.2, 0.25) is 15.9 Å². The SMILES string of the molecule is Cc1ccc(-c2ccc(S(=O)(=O)N3CCC(N4C(=O)CSC4=O)C3)cc2)cc1. The average Bonchev–Trinajstić information content (AvgIpc) is 3.29. The van der Waals surface area contributed by atoms with Crippen molar-refractivity contribution < 1.29 is 18.0 Å². The minimum atomic E-state index is -3.66. The van der Waals surface area contributed by atoms with E-state index in [1.54, 1.807) is 24.3 Å². The monoisotopic (exact) mass is 416 g/mol. The van der Waals surface area contributed by atoms with Crippen LogP contribution in [0.3, 0.4) is 0 Å². The predicted molar refractivity (Wildman–Crippen MR) is 108 cm³/mol. The quantitative estimate of drug-likeness (QED) is 0.766. The van der Waals surface area contributed by atoms with Crippen LogP contribution < -0.4 is 0 Å². The van der Waals surface area contributed by atoms with Gasteiger partial charge in [0.1, 0.15) is 0 Å². The van der Waals surface area contributed by atoms with E-state index in [1.165, 1.54) is 14.8 Å². The number of aryl methyl sites for hydroxylation is 1. The largest absolute Gasteiger partial charge is 0.289 e. The van der Waals surface area contributed by atoms with Gasteiger partial charge in [0.15, 0.2) is 0 Å². The first-order valence-corrected chi connectivity index (χ1v) is 11.4. The number of imide groups is 1. The minimum Gasteiger partial charge on any atom is -0.273 e. The fourth-order valence-electron chi connectivity index (χ4n) is 3.57. The molecule has 2 aliphatic rings. The molecule has 0 bridgehead atoms. The zero-order chi connectivity index (χ0) is 19.9. The molecule has 0 aliphatic carbocycles. The maximum atomic E-state index is 13.0. The Morgan fingerprint density at radius 1 is 0.964 bits per heavy atom. The standard InChI is InChI=1S/C20H20N2O4S2/c1-14-2-4-15(5-3-14)16-6-8-18(9-7-16)28(25,26)21-11-10-17(12-21)22-19(23)13-27-20(22)24/h2-9,17H,10-13H2,1H3. The van der Waals surface area contributed by atoms with Gasteiger partial charge < -0.3 is 0 Å². The van der Waals surface area contributed by atoms with Gasteiger partial charge >= 0.3 is 0 Å². The fraction of sp³-hybridized carbons (Fsp3) is 0.300. The van der Waals surface area contributed by atoms with Crippen LogP contribution in [0.4, 0.5) is 4.79 Å². The van der Waals surface area contributed by atoms with Crippen molar-refractivity contribution in [3.8, 4) is 11.1 Å². The molecule has 0 N–H and O–H groups in total. The van der Waals surface area contributed by atoms with Crippen molar-refractivity contribution in [2.45, 2.75) is 24.3 Å². The molecule has 2 fully saturated rings. The van der Waals surface area contributed by atoms with Gasteiger partial charge in [-0.25, -0.2) is 8.42 Å². The van der Waals surface area contributed by atoms with E-state index in [1.807, 2.05) is 31.2 Å². The van der Waals surface area contributed by atoms with E-state index in [9.17, 15) is 18.0 Å². The molecule has 0 aromatic heterocycles. The lowest BCUT2D eigenvalue weighted by Gasteiger charge is -2.21. The minimum absolute atomic E-state index is 0.141. The van der Waals surface area contributed by atoms with Gasteiger partial charge in [-0.3, -0.25) is 14.5 Å². The first-order valence-electron chi connectivity index (χ1n) is 9.02. The first-order chi connectivity index (χ1) is 13.4. The summed E-state index contributed by atoms with van der Waals surface area (Å²) in [5.74, 6) is -0.0931. The summed E-state index contributed by atoms with van der Waals surface area (Å²) in [5, 5.41) is -0.281. The van der Waals surface area contributed by atoms with Crippen LogP contribution in [-0.4, -0.2) is 53.7 Å². The van der Waals surface area contributed by atoms with Crippen LogP contribution in [-0.2, 0) is 14.8 Å². The third kappa shape index (κ3) is 3.47. The molecule has 2 amide bonds. The van der Waals surface area contributed by atoms with Gasteiger partial charge in [0.25, 0.3) is 5.24 Å². The zero-order valence-electron chi connectivity index (χ0n) is 15.4. The van der Waals surface area contributed by atoms with Gasteiger partial charge in [-0.05, 0) is 36.6 Å². The smallest absolute Gasteiger partial charge is 0.273 e. The summed E-state index contributed by atoms with van der Waals surface area (Å²) in [5.41, 5.74) is 3.14. The molecule has 0 saturated carbocycles. The highest BCUT2D eigenvalue weighted by Crippen LogP contribution is 2.30. The summed E-state index contributed by atoms with van der Waals surface area (Å²) in [6.45, 7) is 2.47. The molecular weight excluding hydrogens is 396 g/mol. The summed E-state index contributed by atoms with van der Waals surface area (Å²) < 4.78 is 27.3. The van der Waals surface area contributed by atoms with E-state index < -0.39 is 10.0 Å². The van der Waals surface area contributed by atoms with E-state index >= 15 is 0 Å². The number of hydrogen-bond donors (Lipinski definition) is 0. The maximum absolute atomic E-state index is 13.0. The second kappa shape index (κ2) is 7.35. The van der Waals surface area contributed by atoms with Crippen molar-refractivity contribution in [3.63, 3.8) is 0 Å². The van der Waals surface area contributed by atoms with Gasteiger partial charge in [-0.2, -0.15) is 4.31 Å². The van der Waals surface area contributed by atoms with Crippen molar-refractivity contribution in [3.05, 3.63) is 54.1 Å². The predicted octanol–water partition coefficient (Wildman–Crippen LogP) is 3.12. The third-order valence-corrected chi connectivity index (χ3v) is 7.87. The molecule has 2 aromatic rings. The summed E-state index contributed by atoms with van der Waals surface area (Å²) in [4.78, 5) is 25.2. The summed E-state index contributed by atoms with van der Waals surface area (Å²) >= 11 is 0.975. The third-order valence-electron chi connectivity index (χ3n) is 5.15. The Balaban J connectivity index is 1.51. The molecule has 8 heteroatoms. The van der Waals surface area contributed by atoms with Crippen LogP contribution in [0.25, 0.3) is 11.1 Å². The molecule has 2 aromatic carbocycles. The Hall–Kier alpha value is -2.16. The van der Waals surface area contributed by atoms with E-state index in [-0.39, 0.29) is 34.4 Å². The number of nitrogens with zero attached hydrogens (tertiary/aromatic N) is 2. The van der Waals surface area contributed by atoms with E-state index in [0.29, 0.717) is 13.0 Å². The summed E-state index contributed by atoms with van der Waals surface area (Å²) in [7, 11) is -3.66. The van der Waals surface area contributed by atoms with E-state index in [0.717, 1.165) is 22.9 Å². The number of carbonyl (C=O) groups is 2. The Morgan fingerprint density at radius 3 is 2.14 bits per heavy atom. The highest BCUT2D eigenvalue weighted by molar-refractivity contribution is 8.14. The Bertz CT molecular complexity index is 1000. The molecule has 146 valence electrons. The van der Waals surface area contributed by atoms with Gasteiger partial charge in [-0.15, -0.1) is 0 Å². The number of hydrogen-bond acceptors (Lipinski definition) is 5. The summed E-state index contributed by atoms with van der Waals surface area (Å²) in [6.07, 6.45) is 0.471. The zero-order valence-corrected chi connectivity index (χ0v) is 17.0. The number of benzene rings is 2. The molecule has 2 aliphatic heterocycles. The second-order valence-corrected chi connectivity index (χ2v) is 9.88. The highest BCUT2D eigenvalue weighted by Gasteiger charge is 2.42. The lowest BCUT2D eigenvalue weighted by atomic mass is 10.0.